The van der Waals surface area contributed by atoms with Gasteiger partial charge < -0.3 is 9.40 Å². The van der Waals surface area contributed by atoms with Crippen LogP contribution in [0.15, 0.2) is 70.4 Å². The van der Waals surface area contributed by atoms with Crippen molar-refractivity contribution in [2.45, 2.75) is 31.0 Å². The number of nitrogens with zero attached hydrogens (tertiary/aromatic N) is 6. The molecule has 156 valence electrons. The van der Waals surface area contributed by atoms with E-state index in [1.165, 1.54) is 0 Å². The molecule has 0 radical (unpaired) electrons. The Morgan fingerprint density at radius 3 is 2.71 bits per heavy atom. The maximum atomic E-state index is 5.85. The van der Waals surface area contributed by atoms with Gasteiger partial charge in [0.1, 0.15) is 0 Å². The van der Waals surface area contributed by atoms with Crippen molar-refractivity contribution in [2.24, 2.45) is 0 Å². The van der Waals surface area contributed by atoms with Gasteiger partial charge in [0.2, 0.25) is 5.82 Å². The number of H-pyrrole nitrogens is 1. The highest BCUT2D eigenvalue weighted by molar-refractivity contribution is 7.99. The van der Waals surface area contributed by atoms with Crippen LogP contribution in [-0.4, -0.2) is 41.1 Å². The first kappa shape index (κ1) is 19.5. The molecule has 5 aromatic rings. The van der Waals surface area contributed by atoms with E-state index in [2.05, 4.69) is 30.6 Å². The highest BCUT2D eigenvalue weighted by Gasteiger charge is 2.13. The van der Waals surface area contributed by atoms with Crippen LogP contribution >= 0.6 is 11.8 Å². The first-order valence-electron chi connectivity index (χ1n) is 10.2. The molecule has 0 amide bonds. The number of aromatic amines is 1. The minimum atomic E-state index is 0.548. The van der Waals surface area contributed by atoms with E-state index in [9.17, 15) is 0 Å². The van der Waals surface area contributed by atoms with Gasteiger partial charge in [-0.15, -0.1) is 20.4 Å². The van der Waals surface area contributed by atoms with E-state index in [0.717, 1.165) is 53.6 Å². The minimum Gasteiger partial charge on any atom is -0.411 e. The Kier molecular flexibility index (Phi) is 5.74. The van der Waals surface area contributed by atoms with Gasteiger partial charge in [-0.1, -0.05) is 66.7 Å². The Labute approximate surface area is 183 Å². The van der Waals surface area contributed by atoms with Crippen molar-refractivity contribution in [1.82, 2.24) is 35.4 Å². The van der Waals surface area contributed by atoms with Crippen molar-refractivity contribution in [2.75, 3.05) is 5.75 Å². The van der Waals surface area contributed by atoms with Crippen molar-refractivity contribution in [3.8, 4) is 22.8 Å². The van der Waals surface area contributed by atoms with E-state index in [-0.39, 0.29) is 0 Å². The zero-order chi connectivity index (χ0) is 20.9. The summed E-state index contributed by atoms with van der Waals surface area (Å²) in [6.45, 7) is 0.760. The Hall–Kier alpha value is -3.46. The monoisotopic (exact) mass is 431 g/mol. The minimum absolute atomic E-state index is 0.548. The first-order valence-corrected chi connectivity index (χ1v) is 11.2. The number of aromatic nitrogens is 7. The molecule has 9 heteroatoms. The number of nitrogens with one attached hydrogen (secondary N) is 1. The molecule has 0 unspecified atom stereocenters. The SMILES string of the molecule is c1ccc(-c2nnn(CCCCCSc3nnc(-c4c[nH]c5ccccc45)o3)n2)cc1. The fraction of sp³-hybridized carbons (Fsp3) is 0.227. The summed E-state index contributed by atoms with van der Waals surface area (Å²) in [4.78, 5) is 4.90. The number of hydrogen-bond donors (Lipinski definition) is 1. The topological polar surface area (TPSA) is 98.3 Å². The second kappa shape index (κ2) is 9.13. The number of unbranched alkanes of at least 4 members (excludes halogenated alkanes) is 2. The second-order valence-electron chi connectivity index (χ2n) is 7.11. The molecule has 1 N–H and O–H groups in total. The molecule has 3 heterocycles. The van der Waals surface area contributed by atoms with E-state index in [0.29, 0.717) is 16.9 Å². The van der Waals surface area contributed by atoms with E-state index >= 15 is 0 Å². The molecule has 0 spiro atoms. The van der Waals surface area contributed by atoms with Crippen molar-refractivity contribution in [1.29, 1.82) is 0 Å². The molecule has 8 nitrogen and oxygen atoms in total. The third-order valence-corrected chi connectivity index (χ3v) is 5.84. The maximum absolute atomic E-state index is 5.85. The standard InChI is InChI=1S/C22H21N7OS/c1-3-9-16(10-4-1)20-24-28-29(27-20)13-7-2-8-14-31-22-26-25-21(30-22)18-15-23-19-12-6-5-11-17(18)19/h1,3-6,9-12,15,23H,2,7-8,13-14H2. The summed E-state index contributed by atoms with van der Waals surface area (Å²) in [5, 5.41) is 22.8. The normalized spacial score (nSPS) is 11.4. The van der Waals surface area contributed by atoms with Gasteiger partial charge in [-0.25, -0.2) is 0 Å². The summed E-state index contributed by atoms with van der Waals surface area (Å²) in [5.41, 5.74) is 2.98. The van der Waals surface area contributed by atoms with E-state index in [4.69, 9.17) is 4.42 Å². The maximum Gasteiger partial charge on any atom is 0.276 e. The van der Waals surface area contributed by atoms with Crippen LogP contribution in [-0.2, 0) is 6.54 Å². The number of rotatable bonds is 9. The zero-order valence-electron chi connectivity index (χ0n) is 16.8. The molecular formula is C22H21N7OS. The van der Waals surface area contributed by atoms with Crippen LogP contribution in [0.4, 0.5) is 0 Å². The molecule has 0 aliphatic rings. The van der Waals surface area contributed by atoms with Gasteiger partial charge in [0.15, 0.2) is 0 Å². The number of para-hydroxylation sites is 1. The van der Waals surface area contributed by atoms with E-state index in [1.807, 2.05) is 60.8 Å². The molecule has 0 saturated heterocycles. The molecular weight excluding hydrogens is 410 g/mol. The highest BCUT2D eigenvalue weighted by Crippen LogP contribution is 2.29. The van der Waals surface area contributed by atoms with Gasteiger partial charge in [-0.2, -0.15) is 4.80 Å². The summed E-state index contributed by atoms with van der Waals surface area (Å²) in [6.07, 6.45) is 5.03. The van der Waals surface area contributed by atoms with Gasteiger partial charge in [0.25, 0.3) is 11.1 Å². The van der Waals surface area contributed by atoms with Crippen LogP contribution in [0.2, 0.25) is 0 Å². The molecule has 0 fully saturated rings. The lowest BCUT2D eigenvalue weighted by atomic mass is 10.2. The number of hydrogen-bond acceptors (Lipinski definition) is 7. The van der Waals surface area contributed by atoms with Gasteiger partial charge in [-0.05, 0) is 24.1 Å². The quantitative estimate of drug-likeness (QED) is 0.263. The van der Waals surface area contributed by atoms with Crippen LogP contribution in [0.5, 0.6) is 0 Å². The van der Waals surface area contributed by atoms with Gasteiger partial charge in [0, 0.05) is 28.4 Å². The highest BCUT2D eigenvalue weighted by atomic mass is 32.2. The van der Waals surface area contributed by atoms with Crippen LogP contribution in [0.1, 0.15) is 19.3 Å². The molecule has 0 atom stereocenters. The van der Waals surface area contributed by atoms with Crippen LogP contribution in [0.3, 0.4) is 0 Å². The zero-order valence-corrected chi connectivity index (χ0v) is 17.6. The summed E-state index contributed by atoms with van der Waals surface area (Å²) in [6, 6.07) is 18.0. The fourth-order valence-electron chi connectivity index (χ4n) is 3.36. The predicted octanol–water partition coefficient (Wildman–Crippen LogP) is 4.83. The molecule has 0 aliphatic carbocycles. The molecule has 31 heavy (non-hydrogen) atoms. The number of thioether (sulfide) groups is 1. The fourth-order valence-corrected chi connectivity index (χ4v) is 4.12. The Morgan fingerprint density at radius 2 is 1.77 bits per heavy atom. The largest absolute Gasteiger partial charge is 0.411 e. The second-order valence-corrected chi connectivity index (χ2v) is 8.15. The van der Waals surface area contributed by atoms with Crippen molar-refractivity contribution < 1.29 is 4.42 Å². The summed E-state index contributed by atoms with van der Waals surface area (Å²) in [5.74, 6) is 2.14. The average molecular weight is 432 g/mol. The summed E-state index contributed by atoms with van der Waals surface area (Å²) >= 11 is 1.59. The molecule has 0 bridgehead atoms. The number of benzene rings is 2. The summed E-state index contributed by atoms with van der Waals surface area (Å²) < 4.78 is 5.85. The van der Waals surface area contributed by atoms with Crippen LogP contribution in [0.25, 0.3) is 33.7 Å². The lowest BCUT2D eigenvalue weighted by molar-refractivity contribution is 0.465. The van der Waals surface area contributed by atoms with Crippen molar-refractivity contribution in [3.63, 3.8) is 0 Å². The Bertz CT molecular complexity index is 1260. The van der Waals surface area contributed by atoms with Gasteiger partial charge in [-0.3, -0.25) is 0 Å². The molecule has 3 aromatic heterocycles. The third kappa shape index (κ3) is 4.51. The third-order valence-electron chi connectivity index (χ3n) is 4.94. The molecule has 0 saturated carbocycles. The van der Waals surface area contributed by atoms with Crippen LogP contribution < -0.4 is 0 Å². The lowest BCUT2D eigenvalue weighted by Crippen LogP contribution is -2.02. The predicted molar refractivity (Wildman–Crippen MR) is 119 cm³/mol. The van der Waals surface area contributed by atoms with Gasteiger partial charge >= 0.3 is 0 Å². The van der Waals surface area contributed by atoms with Crippen LogP contribution in [0, 0.1) is 0 Å². The Balaban J connectivity index is 1.06. The Morgan fingerprint density at radius 1 is 0.903 bits per heavy atom. The van der Waals surface area contributed by atoms with Crippen molar-refractivity contribution in [3.05, 3.63) is 60.8 Å². The number of tetrazole rings is 1. The van der Waals surface area contributed by atoms with E-state index in [1.54, 1.807) is 16.6 Å². The summed E-state index contributed by atoms with van der Waals surface area (Å²) in [7, 11) is 0. The number of aryl methyl sites for hydroxylation is 1. The molecule has 0 aliphatic heterocycles. The molecule has 2 aromatic carbocycles. The number of fused-ring (bicyclic) bond motifs is 1. The first-order chi connectivity index (χ1) is 15.4. The van der Waals surface area contributed by atoms with Gasteiger partial charge in [0.05, 0.1) is 12.1 Å². The van der Waals surface area contributed by atoms with E-state index < -0.39 is 0 Å². The lowest BCUT2D eigenvalue weighted by Gasteiger charge is -1.99. The van der Waals surface area contributed by atoms with Crippen molar-refractivity contribution >= 4 is 22.7 Å². The average Bonchev–Trinajstić information content (AvgIpc) is 3.56. The molecule has 5 rings (SSSR count). The smallest absolute Gasteiger partial charge is 0.276 e.